The average Bonchev–Trinajstić information content (AvgIpc) is 3.06. The molecule has 172 valence electrons. The zero-order valence-corrected chi connectivity index (χ0v) is 20.9. The molecule has 0 bridgehead atoms. The van der Waals surface area contributed by atoms with Crippen LogP contribution in [-0.2, 0) is 0 Å². The Morgan fingerprint density at radius 3 is 2.47 bits per heavy atom. The average molecular weight is 415 g/mol. The SMILES string of the molecule is CC[C@H](CCC(C)[C@H]1CCC2[C@@H]3CC=C4C[C@@H](O)CC[C@]4(C)C3CC[C@@]21C)C(C)C. The molecule has 4 aliphatic carbocycles. The summed E-state index contributed by atoms with van der Waals surface area (Å²) in [5, 5.41) is 10.2. The molecule has 0 aromatic heterocycles. The molecule has 0 heterocycles. The fourth-order valence-corrected chi connectivity index (χ4v) is 9.30. The number of rotatable bonds is 6. The Morgan fingerprint density at radius 2 is 1.77 bits per heavy atom. The van der Waals surface area contributed by atoms with Crippen LogP contribution >= 0.6 is 0 Å². The van der Waals surface area contributed by atoms with Crippen molar-refractivity contribution in [3.8, 4) is 0 Å². The van der Waals surface area contributed by atoms with Gasteiger partial charge < -0.3 is 5.11 Å². The molecule has 4 aliphatic rings. The maximum Gasteiger partial charge on any atom is 0.0577 e. The van der Waals surface area contributed by atoms with Crippen LogP contribution in [-0.4, -0.2) is 11.2 Å². The number of aliphatic hydroxyl groups is 1. The van der Waals surface area contributed by atoms with E-state index < -0.39 is 0 Å². The third kappa shape index (κ3) is 3.74. The minimum Gasteiger partial charge on any atom is -0.393 e. The topological polar surface area (TPSA) is 20.2 Å². The van der Waals surface area contributed by atoms with Crippen LogP contribution in [0.25, 0.3) is 0 Å². The summed E-state index contributed by atoms with van der Waals surface area (Å²) in [6, 6.07) is 0. The van der Waals surface area contributed by atoms with Gasteiger partial charge in [0.15, 0.2) is 0 Å². The van der Waals surface area contributed by atoms with E-state index in [1.165, 1.54) is 57.8 Å². The van der Waals surface area contributed by atoms with E-state index >= 15 is 0 Å². The fraction of sp³-hybridized carbons (Fsp3) is 0.931. The van der Waals surface area contributed by atoms with Crippen molar-refractivity contribution in [2.24, 2.45) is 52.3 Å². The minimum absolute atomic E-state index is 0.0794. The van der Waals surface area contributed by atoms with Gasteiger partial charge in [-0.1, -0.05) is 66.0 Å². The van der Waals surface area contributed by atoms with Crippen molar-refractivity contribution in [1.82, 2.24) is 0 Å². The fourth-order valence-electron chi connectivity index (χ4n) is 9.30. The number of hydrogen-bond acceptors (Lipinski definition) is 1. The van der Waals surface area contributed by atoms with E-state index in [2.05, 4.69) is 47.6 Å². The second kappa shape index (κ2) is 8.57. The van der Waals surface area contributed by atoms with Gasteiger partial charge in [0.2, 0.25) is 0 Å². The van der Waals surface area contributed by atoms with Gasteiger partial charge in [0.25, 0.3) is 0 Å². The number of allylic oxidation sites excluding steroid dienone is 1. The highest BCUT2D eigenvalue weighted by Gasteiger charge is 2.59. The van der Waals surface area contributed by atoms with Crippen LogP contribution in [0.1, 0.15) is 112 Å². The first-order valence-electron chi connectivity index (χ1n) is 13.6. The molecule has 3 saturated carbocycles. The smallest absolute Gasteiger partial charge is 0.0577 e. The number of hydrogen-bond donors (Lipinski definition) is 1. The Bertz CT molecular complexity index is 634. The lowest BCUT2D eigenvalue weighted by atomic mass is 9.47. The maximum absolute atomic E-state index is 10.2. The van der Waals surface area contributed by atoms with Crippen molar-refractivity contribution in [3.05, 3.63) is 11.6 Å². The van der Waals surface area contributed by atoms with Crippen LogP contribution in [0.2, 0.25) is 0 Å². The number of aliphatic hydroxyl groups excluding tert-OH is 1. The lowest BCUT2D eigenvalue weighted by Gasteiger charge is -2.58. The molecule has 0 aromatic carbocycles. The van der Waals surface area contributed by atoms with Gasteiger partial charge in [0.05, 0.1) is 6.10 Å². The zero-order chi connectivity index (χ0) is 21.7. The maximum atomic E-state index is 10.2. The summed E-state index contributed by atoms with van der Waals surface area (Å²) in [5.74, 6) is 6.31. The highest BCUT2D eigenvalue weighted by atomic mass is 16.3. The second-order valence-electron chi connectivity index (χ2n) is 12.9. The molecule has 1 nitrogen and oxygen atoms in total. The molecule has 0 saturated heterocycles. The van der Waals surface area contributed by atoms with Crippen molar-refractivity contribution in [1.29, 1.82) is 0 Å². The Hall–Kier alpha value is -0.300. The highest BCUT2D eigenvalue weighted by molar-refractivity contribution is 5.25. The first kappa shape index (κ1) is 22.9. The second-order valence-corrected chi connectivity index (χ2v) is 12.9. The first-order valence-corrected chi connectivity index (χ1v) is 13.6. The van der Waals surface area contributed by atoms with Gasteiger partial charge in [0.1, 0.15) is 0 Å². The molecule has 1 heteroatoms. The molecule has 0 amide bonds. The molecule has 9 atom stereocenters. The van der Waals surface area contributed by atoms with E-state index in [-0.39, 0.29) is 6.10 Å². The summed E-state index contributed by atoms with van der Waals surface area (Å²) in [5.41, 5.74) is 2.59. The van der Waals surface area contributed by atoms with E-state index in [0.717, 1.165) is 54.3 Å². The minimum atomic E-state index is -0.0794. The summed E-state index contributed by atoms with van der Waals surface area (Å²) in [6.07, 6.45) is 17.1. The normalized spacial score (nSPS) is 45.3. The van der Waals surface area contributed by atoms with Gasteiger partial charge in [-0.2, -0.15) is 0 Å². The van der Waals surface area contributed by atoms with Gasteiger partial charge >= 0.3 is 0 Å². The largest absolute Gasteiger partial charge is 0.393 e. The van der Waals surface area contributed by atoms with Gasteiger partial charge in [0, 0.05) is 0 Å². The Labute approximate surface area is 187 Å². The lowest BCUT2D eigenvalue weighted by Crippen LogP contribution is -2.50. The van der Waals surface area contributed by atoms with Crippen molar-refractivity contribution < 1.29 is 5.11 Å². The molecule has 0 spiro atoms. The molecular formula is C29H50O. The molecule has 3 unspecified atom stereocenters. The molecule has 0 aromatic rings. The van der Waals surface area contributed by atoms with Crippen LogP contribution in [0.15, 0.2) is 11.6 Å². The molecule has 30 heavy (non-hydrogen) atoms. The van der Waals surface area contributed by atoms with E-state index in [9.17, 15) is 5.11 Å². The summed E-state index contributed by atoms with van der Waals surface area (Å²) in [7, 11) is 0. The standard InChI is InChI=1S/C29H50O/c1-7-21(19(2)3)9-8-20(4)25-12-13-26-24-11-10-22-18-23(30)14-16-28(22,5)27(24)15-17-29(25,26)6/h10,19-21,23-27,30H,7-9,11-18H2,1-6H3/t20?,21-,23+,24+,25-,26?,27?,28+,29-/m1/s1. The van der Waals surface area contributed by atoms with Crippen LogP contribution < -0.4 is 0 Å². The van der Waals surface area contributed by atoms with Crippen molar-refractivity contribution >= 4 is 0 Å². The van der Waals surface area contributed by atoms with Crippen molar-refractivity contribution in [3.63, 3.8) is 0 Å². The zero-order valence-electron chi connectivity index (χ0n) is 20.9. The predicted molar refractivity (Wildman–Crippen MR) is 128 cm³/mol. The monoisotopic (exact) mass is 414 g/mol. The van der Waals surface area contributed by atoms with Gasteiger partial charge in [-0.3, -0.25) is 0 Å². The summed E-state index contributed by atoms with van der Waals surface area (Å²) in [6.45, 7) is 15.1. The lowest BCUT2D eigenvalue weighted by molar-refractivity contribution is -0.0575. The highest BCUT2D eigenvalue weighted by Crippen LogP contribution is 2.67. The summed E-state index contributed by atoms with van der Waals surface area (Å²) < 4.78 is 0. The van der Waals surface area contributed by atoms with Gasteiger partial charge in [-0.05, 0) is 110 Å². The summed E-state index contributed by atoms with van der Waals surface area (Å²) in [4.78, 5) is 0. The molecule has 4 rings (SSSR count). The predicted octanol–water partition coefficient (Wildman–Crippen LogP) is 8.02. The Kier molecular flexibility index (Phi) is 6.53. The molecule has 0 radical (unpaired) electrons. The number of fused-ring (bicyclic) bond motifs is 5. The Morgan fingerprint density at radius 1 is 1.00 bits per heavy atom. The van der Waals surface area contributed by atoms with E-state index in [4.69, 9.17) is 0 Å². The molecule has 1 N–H and O–H groups in total. The van der Waals surface area contributed by atoms with E-state index in [1.807, 2.05) is 0 Å². The molecule has 0 aliphatic heterocycles. The summed E-state index contributed by atoms with van der Waals surface area (Å²) >= 11 is 0. The van der Waals surface area contributed by atoms with Crippen LogP contribution in [0.4, 0.5) is 0 Å². The molecular weight excluding hydrogens is 364 g/mol. The Balaban J connectivity index is 1.47. The first-order chi connectivity index (χ1) is 14.2. The van der Waals surface area contributed by atoms with Gasteiger partial charge in [-0.25, -0.2) is 0 Å². The van der Waals surface area contributed by atoms with Crippen molar-refractivity contribution in [2.75, 3.05) is 0 Å². The van der Waals surface area contributed by atoms with Crippen LogP contribution in [0, 0.1) is 52.3 Å². The molecule has 3 fully saturated rings. The van der Waals surface area contributed by atoms with Crippen LogP contribution in [0.5, 0.6) is 0 Å². The quantitative estimate of drug-likeness (QED) is 0.436. The van der Waals surface area contributed by atoms with E-state index in [1.54, 1.807) is 5.57 Å². The third-order valence-corrected chi connectivity index (χ3v) is 11.3. The van der Waals surface area contributed by atoms with Gasteiger partial charge in [-0.15, -0.1) is 0 Å². The van der Waals surface area contributed by atoms with Crippen LogP contribution in [0.3, 0.4) is 0 Å². The third-order valence-electron chi connectivity index (χ3n) is 11.3. The van der Waals surface area contributed by atoms with E-state index in [0.29, 0.717) is 10.8 Å². The van der Waals surface area contributed by atoms with Crippen molar-refractivity contribution in [2.45, 2.75) is 118 Å².